The Kier molecular flexibility index (Phi) is 6.28. The van der Waals surface area contributed by atoms with Crippen molar-refractivity contribution in [2.24, 2.45) is 0 Å². The van der Waals surface area contributed by atoms with E-state index in [9.17, 15) is 13.2 Å². The average molecular weight is 479 g/mol. The third-order valence-electron chi connectivity index (χ3n) is 5.71. The maximum absolute atomic E-state index is 12.9. The number of hydrogen-bond acceptors (Lipinski definition) is 4. The first-order valence-electron chi connectivity index (χ1n) is 10.6. The Morgan fingerprint density at radius 1 is 0.970 bits per heavy atom. The second kappa shape index (κ2) is 9.00. The number of benzene rings is 3. The largest absolute Gasteiger partial charge is 0.321 e. The molecule has 0 aliphatic carbocycles. The summed E-state index contributed by atoms with van der Waals surface area (Å²) in [5.41, 5.74) is 5.54. The van der Waals surface area contributed by atoms with Gasteiger partial charge in [0.25, 0.3) is 5.91 Å². The van der Waals surface area contributed by atoms with Gasteiger partial charge in [0.2, 0.25) is 10.0 Å². The predicted molar refractivity (Wildman–Crippen MR) is 138 cm³/mol. The van der Waals surface area contributed by atoms with Gasteiger partial charge in [-0.2, -0.15) is 0 Å². The van der Waals surface area contributed by atoms with Crippen LogP contribution >= 0.6 is 11.3 Å². The van der Waals surface area contributed by atoms with Crippen molar-refractivity contribution in [1.82, 2.24) is 0 Å². The molecule has 0 radical (unpaired) electrons. The van der Waals surface area contributed by atoms with Gasteiger partial charge in [-0.3, -0.25) is 9.10 Å². The van der Waals surface area contributed by atoms with E-state index < -0.39 is 10.0 Å². The van der Waals surface area contributed by atoms with Gasteiger partial charge in [0, 0.05) is 10.4 Å². The Hall–Kier alpha value is -3.16. The molecule has 4 aromatic rings. The molecule has 33 heavy (non-hydrogen) atoms. The van der Waals surface area contributed by atoms with E-state index in [1.54, 1.807) is 6.07 Å². The maximum Gasteiger partial charge on any atom is 0.265 e. The molecule has 170 valence electrons. The van der Waals surface area contributed by atoms with Crippen LogP contribution in [0.2, 0.25) is 0 Å². The molecule has 0 bridgehead atoms. The standard InChI is InChI=1S/C26H26N2O3S2/c1-17-8-10-20(11-9-17)16-28(33(4,30)31)22-12-13-24-21(14-22)15-25(32-24)26(29)27-23-7-5-6-18(2)19(23)3/h5-15H,16H2,1-4H3,(H,27,29). The molecule has 5 nitrogen and oxygen atoms in total. The van der Waals surface area contributed by atoms with Crippen molar-refractivity contribution in [3.63, 3.8) is 0 Å². The number of nitrogens with one attached hydrogen (secondary N) is 1. The molecule has 0 aliphatic heterocycles. The van der Waals surface area contributed by atoms with Crippen LogP contribution in [-0.2, 0) is 16.6 Å². The third kappa shape index (κ3) is 5.10. The molecule has 4 rings (SSSR count). The number of rotatable bonds is 6. The van der Waals surface area contributed by atoms with Gasteiger partial charge < -0.3 is 5.32 Å². The van der Waals surface area contributed by atoms with Gasteiger partial charge in [0.1, 0.15) is 0 Å². The molecular weight excluding hydrogens is 452 g/mol. The lowest BCUT2D eigenvalue weighted by Crippen LogP contribution is -2.29. The van der Waals surface area contributed by atoms with Crippen molar-refractivity contribution in [3.05, 3.63) is 93.9 Å². The fraction of sp³-hybridized carbons (Fsp3) is 0.192. The molecule has 0 unspecified atom stereocenters. The number of sulfonamides is 1. The number of nitrogens with zero attached hydrogens (tertiary/aromatic N) is 1. The Morgan fingerprint density at radius 3 is 2.39 bits per heavy atom. The van der Waals surface area contributed by atoms with E-state index in [0.29, 0.717) is 10.6 Å². The Balaban J connectivity index is 1.63. The quantitative estimate of drug-likeness (QED) is 0.367. The highest BCUT2D eigenvalue weighted by Gasteiger charge is 2.19. The van der Waals surface area contributed by atoms with Crippen molar-refractivity contribution in [3.8, 4) is 0 Å². The third-order valence-corrected chi connectivity index (χ3v) is 7.97. The van der Waals surface area contributed by atoms with Crippen LogP contribution in [0.4, 0.5) is 11.4 Å². The van der Waals surface area contributed by atoms with Crippen LogP contribution in [0.15, 0.2) is 66.7 Å². The molecule has 0 spiro atoms. The number of hydrogen-bond donors (Lipinski definition) is 1. The number of amides is 1. The fourth-order valence-corrected chi connectivity index (χ4v) is 5.45. The zero-order chi connectivity index (χ0) is 23.8. The molecular formula is C26H26N2O3S2. The first kappa shape index (κ1) is 23.0. The summed E-state index contributed by atoms with van der Waals surface area (Å²) in [6.45, 7) is 6.23. The van der Waals surface area contributed by atoms with Gasteiger partial charge in [-0.25, -0.2) is 8.42 Å². The molecule has 0 aliphatic rings. The fourth-order valence-electron chi connectivity index (χ4n) is 3.63. The van der Waals surface area contributed by atoms with E-state index in [4.69, 9.17) is 0 Å². The van der Waals surface area contributed by atoms with E-state index >= 15 is 0 Å². The molecule has 0 saturated heterocycles. The zero-order valence-electron chi connectivity index (χ0n) is 19.0. The molecule has 3 aromatic carbocycles. The smallest absolute Gasteiger partial charge is 0.265 e. The first-order valence-corrected chi connectivity index (χ1v) is 13.2. The summed E-state index contributed by atoms with van der Waals surface area (Å²) in [5.74, 6) is -0.175. The highest BCUT2D eigenvalue weighted by atomic mass is 32.2. The Labute approximate surface area is 198 Å². The molecule has 0 fully saturated rings. The number of aryl methyl sites for hydroxylation is 2. The Bertz CT molecular complexity index is 1440. The lowest BCUT2D eigenvalue weighted by atomic mass is 10.1. The molecule has 1 heterocycles. The van der Waals surface area contributed by atoms with Gasteiger partial charge in [-0.05, 0) is 73.2 Å². The average Bonchev–Trinajstić information content (AvgIpc) is 3.19. The summed E-state index contributed by atoms with van der Waals surface area (Å²) in [6, 6.07) is 20.9. The SMILES string of the molecule is Cc1ccc(CN(c2ccc3sc(C(=O)Nc4cccc(C)c4C)cc3c2)S(C)(=O)=O)cc1. The second-order valence-electron chi connectivity index (χ2n) is 8.29. The molecule has 0 saturated carbocycles. The van der Waals surface area contributed by atoms with Gasteiger partial charge in [-0.15, -0.1) is 11.3 Å². The number of anilines is 2. The highest BCUT2D eigenvalue weighted by molar-refractivity contribution is 7.92. The number of thiophene rings is 1. The van der Waals surface area contributed by atoms with Crippen LogP contribution in [0.25, 0.3) is 10.1 Å². The van der Waals surface area contributed by atoms with Crippen molar-refractivity contribution in [2.45, 2.75) is 27.3 Å². The number of carbonyl (C=O) groups is 1. The predicted octanol–water partition coefficient (Wildman–Crippen LogP) is 6.05. The first-order chi connectivity index (χ1) is 15.6. The maximum atomic E-state index is 12.9. The van der Waals surface area contributed by atoms with Crippen LogP contribution in [0, 0.1) is 20.8 Å². The van der Waals surface area contributed by atoms with Gasteiger partial charge in [0.05, 0.1) is 23.4 Å². The number of fused-ring (bicyclic) bond motifs is 1. The summed E-state index contributed by atoms with van der Waals surface area (Å²) in [6.07, 6.45) is 1.21. The summed E-state index contributed by atoms with van der Waals surface area (Å²) < 4.78 is 27.5. The number of carbonyl (C=O) groups excluding carboxylic acids is 1. The molecule has 7 heteroatoms. The summed E-state index contributed by atoms with van der Waals surface area (Å²) in [4.78, 5) is 13.5. The van der Waals surface area contributed by atoms with E-state index in [-0.39, 0.29) is 12.5 Å². The van der Waals surface area contributed by atoms with Crippen molar-refractivity contribution in [2.75, 3.05) is 15.9 Å². The topological polar surface area (TPSA) is 66.5 Å². The van der Waals surface area contributed by atoms with Crippen LogP contribution in [-0.4, -0.2) is 20.6 Å². The van der Waals surface area contributed by atoms with Gasteiger partial charge in [0.15, 0.2) is 0 Å². The lowest BCUT2D eigenvalue weighted by Gasteiger charge is -2.22. The van der Waals surface area contributed by atoms with Crippen LogP contribution < -0.4 is 9.62 Å². The minimum atomic E-state index is -3.50. The minimum Gasteiger partial charge on any atom is -0.321 e. The normalized spacial score (nSPS) is 11.5. The van der Waals surface area contributed by atoms with E-state index in [1.165, 1.54) is 21.9 Å². The molecule has 1 N–H and O–H groups in total. The lowest BCUT2D eigenvalue weighted by molar-refractivity contribution is 0.103. The van der Waals surface area contributed by atoms with Crippen LogP contribution in [0.3, 0.4) is 0 Å². The van der Waals surface area contributed by atoms with E-state index in [2.05, 4.69) is 5.32 Å². The van der Waals surface area contributed by atoms with Gasteiger partial charge in [-0.1, -0.05) is 42.0 Å². The highest BCUT2D eigenvalue weighted by Crippen LogP contribution is 2.32. The molecule has 1 aromatic heterocycles. The van der Waals surface area contributed by atoms with Gasteiger partial charge >= 0.3 is 0 Å². The summed E-state index contributed by atoms with van der Waals surface area (Å²) >= 11 is 1.39. The van der Waals surface area contributed by atoms with Crippen LogP contribution in [0.5, 0.6) is 0 Å². The van der Waals surface area contributed by atoms with E-state index in [0.717, 1.165) is 38.0 Å². The van der Waals surface area contributed by atoms with Crippen molar-refractivity contribution in [1.29, 1.82) is 0 Å². The van der Waals surface area contributed by atoms with E-state index in [1.807, 2.05) is 81.4 Å². The zero-order valence-corrected chi connectivity index (χ0v) is 20.7. The van der Waals surface area contributed by atoms with Crippen LogP contribution in [0.1, 0.15) is 31.9 Å². The van der Waals surface area contributed by atoms with Crippen molar-refractivity contribution < 1.29 is 13.2 Å². The Morgan fingerprint density at radius 2 is 1.70 bits per heavy atom. The summed E-state index contributed by atoms with van der Waals surface area (Å²) in [7, 11) is -3.50. The minimum absolute atomic E-state index is 0.175. The molecule has 1 amide bonds. The monoisotopic (exact) mass is 478 g/mol. The molecule has 0 atom stereocenters. The second-order valence-corrected chi connectivity index (χ2v) is 11.3. The summed E-state index contributed by atoms with van der Waals surface area (Å²) in [5, 5.41) is 3.83. The van der Waals surface area contributed by atoms with Crippen molar-refractivity contribution >= 4 is 48.7 Å².